The molecular weight excluding hydrogens is 160 g/mol. The third-order valence-corrected chi connectivity index (χ3v) is 2.94. The summed E-state index contributed by atoms with van der Waals surface area (Å²) in [5.74, 6) is 1.56. The first-order valence-electron chi connectivity index (χ1n) is 5.49. The fourth-order valence-corrected chi connectivity index (χ4v) is 2.32. The first-order valence-corrected chi connectivity index (χ1v) is 5.49. The maximum absolute atomic E-state index is 3.55. The second-order valence-electron chi connectivity index (χ2n) is 5.11. The lowest BCUT2D eigenvalue weighted by atomic mass is 9.95. The number of nitrogens with one attached hydrogen (secondary N) is 1. The van der Waals surface area contributed by atoms with E-state index < -0.39 is 0 Å². The van der Waals surface area contributed by atoms with Gasteiger partial charge in [0.2, 0.25) is 0 Å². The topological polar surface area (TPSA) is 15.3 Å². The molecule has 1 heterocycles. The minimum absolute atomic E-state index is 0.706. The molecule has 2 unspecified atom stereocenters. The lowest BCUT2D eigenvalue weighted by molar-refractivity contribution is 0.186. The molecule has 0 radical (unpaired) electrons. The molecular formula is C11H24N2. The molecule has 0 bridgehead atoms. The smallest absolute Gasteiger partial charge is 0.0278 e. The molecule has 78 valence electrons. The molecule has 2 heteroatoms. The highest BCUT2D eigenvalue weighted by molar-refractivity contribution is 4.84. The molecule has 1 aliphatic heterocycles. The summed E-state index contributed by atoms with van der Waals surface area (Å²) in [6, 6.07) is 1.43. The van der Waals surface area contributed by atoms with E-state index in [2.05, 4.69) is 45.2 Å². The van der Waals surface area contributed by atoms with Gasteiger partial charge in [-0.3, -0.25) is 5.43 Å². The van der Waals surface area contributed by atoms with Gasteiger partial charge >= 0.3 is 0 Å². The van der Waals surface area contributed by atoms with Crippen LogP contribution in [0.15, 0.2) is 0 Å². The Kier molecular flexibility index (Phi) is 3.74. The SMILES string of the molecule is CC(C)CC1CC(C(C)C)N(C)N1. The predicted molar refractivity (Wildman–Crippen MR) is 57.4 cm³/mol. The molecule has 13 heavy (non-hydrogen) atoms. The van der Waals surface area contributed by atoms with Gasteiger partial charge < -0.3 is 0 Å². The van der Waals surface area contributed by atoms with Gasteiger partial charge in [-0.25, -0.2) is 5.01 Å². The van der Waals surface area contributed by atoms with Crippen molar-refractivity contribution in [1.29, 1.82) is 0 Å². The summed E-state index contributed by atoms with van der Waals surface area (Å²) in [4.78, 5) is 0. The Morgan fingerprint density at radius 1 is 1.31 bits per heavy atom. The summed E-state index contributed by atoms with van der Waals surface area (Å²) in [7, 11) is 2.17. The van der Waals surface area contributed by atoms with Crippen molar-refractivity contribution in [2.24, 2.45) is 11.8 Å². The van der Waals surface area contributed by atoms with Crippen molar-refractivity contribution < 1.29 is 0 Å². The molecule has 1 saturated heterocycles. The zero-order chi connectivity index (χ0) is 10.0. The lowest BCUT2D eigenvalue weighted by Gasteiger charge is -2.22. The molecule has 1 aliphatic rings. The zero-order valence-corrected chi connectivity index (χ0v) is 9.67. The van der Waals surface area contributed by atoms with E-state index in [0.717, 1.165) is 17.9 Å². The molecule has 0 aromatic heterocycles. The van der Waals surface area contributed by atoms with Crippen LogP contribution in [0.25, 0.3) is 0 Å². The number of hydrogen-bond acceptors (Lipinski definition) is 2. The Balaban J connectivity index is 2.40. The maximum atomic E-state index is 3.55. The molecule has 1 N–H and O–H groups in total. The molecule has 0 amide bonds. The van der Waals surface area contributed by atoms with Crippen LogP contribution in [0.1, 0.15) is 40.5 Å². The second-order valence-corrected chi connectivity index (χ2v) is 5.11. The van der Waals surface area contributed by atoms with Crippen molar-refractivity contribution in [3.05, 3.63) is 0 Å². The Hall–Kier alpha value is -0.0800. The molecule has 0 aromatic carbocycles. The molecule has 0 aromatic rings. The van der Waals surface area contributed by atoms with Crippen molar-refractivity contribution in [3.8, 4) is 0 Å². The highest BCUT2D eigenvalue weighted by Crippen LogP contribution is 2.23. The quantitative estimate of drug-likeness (QED) is 0.724. The van der Waals surface area contributed by atoms with Crippen LogP contribution in [0.4, 0.5) is 0 Å². The third kappa shape index (κ3) is 2.96. The average Bonchev–Trinajstić information content (AvgIpc) is 2.29. The lowest BCUT2D eigenvalue weighted by Crippen LogP contribution is -2.38. The van der Waals surface area contributed by atoms with E-state index in [-0.39, 0.29) is 0 Å². The molecule has 2 atom stereocenters. The van der Waals surface area contributed by atoms with Crippen LogP contribution in [-0.2, 0) is 0 Å². The van der Waals surface area contributed by atoms with E-state index in [9.17, 15) is 0 Å². The van der Waals surface area contributed by atoms with Crippen LogP contribution >= 0.6 is 0 Å². The van der Waals surface area contributed by atoms with E-state index in [0.29, 0.717) is 6.04 Å². The van der Waals surface area contributed by atoms with Crippen LogP contribution in [-0.4, -0.2) is 24.1 Å². The number of nitrogens with zero attached hydrogens (tertiary/aromatic N) is 1. The van der Waals surface area contributed by atoms with Gasteiger partial charge in [-0.2, -0.15) is 0 Å². The van der Waals surface area contributed by atoms with Gasteiger partial charge in [0.05, 0.1) is 0 Å². The van der Waals surface area contributed by atoms with E-state index >= 15 is 0 Å². The van der Waals surface area contributed by atoms with Crippen molar-refractivity contribution >= 4 is 0 Å². The van der Waals surface area contributed by atoms with E-state index in [1.807, 2.05) is 0 Å². The fourth-order valence-electron chi connectivity index (χ4n) is 2.32. The van der Waals surface area contributed by atoms with Crippen molar-refractivity contribution in [3.63, 3.8) is 0 Å². The van der Waals surface area contributed by atoms with E-state index in [4.69, 9.17) is 0 Å². The fraction of sp³-hybridized carbons (Fsp3) is 1.00. The van der Waals surface area contributed by atoms with Crippen LogP contribution in [0.2, 0.25) is 0 Å². The third-order valence-electron chi connectivity index (χ3n) is 2.94. The highest BCUT2D eigenvalue weighted by atomic mass is 15.5. The Morgan fingerprint density at radius 2 is 1.92 bits per heavy atom. The Labute approximate surface area is 82.7 Å². The largest absolute Gasteiger partial charge is 0.252 e. The molecule has 1 rings (SSSR count). The Morgan fingerprint density at radius 3 is 2.31 bits per heavy atom. The highest BCUT2D eigenvalue weighted by Gasteiger charge is 2.30. The van der Waals surface area contributed by atoms with Crippen LogP contribution < -0.4 is 5.43 Å². The average molecular weight is 184 g/mol. The summed E-state index contributed by atoms with van der Waals surface area (Å²) in [5.41, 5.74) is 3.55. The Bertz CT molecular complexity index is 154. The van der Waals surface area contributed by atoms with Crippen molar-refractivity contribution in [2.75, 3.05) is 7.05 Å². The van der Waals surface area contributed by atoms with Crippen molar-refractivity contribution in [2.45, 2.75) is 52.6 Å². The van der Waals surface area contributed by atoms with Crippen molar-refractivity contribution in [1.82, 2.24) is 10.4 Å². The predicted octanol–water partition coefficient (Wildman–Crippen LogP) is 2.27. The van der Waals surface area contributed by atoms with Gasteiger partial charge in [0.25, 0.3) is 0 Å². The summed E-state index contributed by atoms with van der Waals surface area (Å²) in [5, 5.41) is 2.30. The first kappa shape index (κ1) is 11.0. The minimum Gasteiger partial charge on any atom is -0.252 e. The van der Waals surface area contributed by atoms with Gasteiger partial charge in [-0.05, 0) is 24.7 Å². The summed E-state index contributed by atoms with van der Waals surface area (Å²) in [6.45, 7) is 9.20. The van der Waals surface area contributed by atoms with Gasteiger partial charge in [-0.15, -0.1) is 0 Å². The number of hydrazine groups is 1. The van der Waals surface area contributed by atoms with Gasteiger partial charge in [0.1, 0.15) is 0 Å². The molecule has 0 spiro atoms. The van der Waals surface area contributed by atoms with E-state index in [1.165, 1.54) is 12.8 Å². The monoisotopic (exact) mass is 184 g/mol. The van der Waals surface area contributed by atoms with E-state index in [1.54, 1.807) is 0 Å². The summed E-state index contributed by atoms with van der Waals surface area (Å²) >= 11 is 0. The molecule has 0 saturated carbocycles. The minimum atomic E-state index is 0.706. The summed E-state index contributed by atoms with van der Waals surface area (Å²) < 4.78 is 0. The van der Waals surface area contributed by atoms with Crippen LogP contribution in [0, 0.1) is 11.8 Å². The zero-order valence-electron chi connectivity index (χ0n) is 9.67. The van der Waals surface area contributed by atoms with Gasteiger partial charge in [0.15, 0.2) is 0 Å². The number of hydrogen-bond donors (Lipinski definition) is 1. The van der Waals surface area contributed by atoms with Gasteiger partial charge in [0, 0.05) is 19.1 Å². The molecule has 0 aliphatic carbocycles. The maximum Gasteiger partial charge on any atom is 0.0278 e. The second kappa shape index (κ2) is 4.43. The van der Waals surface area contributed by atoms with Gasteiger partial charge in [-0.1, -0.05) is 27.7 Å². The summed E-state index contributed by atoms with van der Waals surface area (Å²) in [6.07, 6.45) is 2.61. The molecule has 2 nitrogen and oxygen atoms in total. The first-order chi connectivity index (χ1) is 6.00. The normalized spacial score (nSPS) is 30.7. The standard InChI is InChI=1S/C11H24N2/c1-8(2)6-10-7-11(9(3)4)13(5)12-10/h8-12H,6-7H2,1-5H3. The molecule has 1 fully saturated rings. The van der Waals surface area contributed by atoms with Crippen LogP contribution in [0.5, 0.6) is 0 Å². The van der Waals surface area contributed by atoms with Crippen LogP contribution in [0.3, 0.4) is 0 Å². The number of rotatable bonds is 3.